The van der Waals surface area contributed by atoms with Crippen molar-refractivity contribution in [3.8, 4) is 0 Å². The number of ether oxygens (including phenoxy) is 1. The Morgan fingerprint density at radius 2 is 2.67 bits per heavy atom. The molecule has 0 saturated carbocycles. The number of aliphatic imine (C=N–C) groups is 1. The van der Waals surface area contributed by atoms with Crippen LogP contribution in [0.2, 0.25) is 0 Å². The van der Waals surface area contributed by atoms with E-state index < -0.39 is 6.09 Å². The lowest BCUT2D eigenvalue weighted by Crippen LogP contribution is -1.97. The van der Waals surface area contributed by atoms with Gasteiger partial charge in [-0.25, -0.2) is 4.79 Å². The van der Waals surface area contributed by atoms with Crippen LogP contribution in [-0.4, -0.2) is 18.4 Å². The van der Waals surface area contributed by atoms with Crippen molar-refractivity contribution >= 4 is 11.8 Å². The molecule has 0 atom stereocenters. The van der Waals surface area contributed by atoms with Crippen molar-refractivity contribution in [3.63, 3.8) is 0 Å². The van der Waals surface area contributed by atoms with Crippen molar-refractivity contribution in [1.29, 1.82) is 0 Å². The summed E-state index contributed by atoms with van der Waals surface area (Å²) in [7, 11) is 0. The fraction of sp³-hybridized carbons (Fsp3) is 0.333. The number of hydrogen-bond acceptors (Lipinski definition) is 2. The number of rotatable bonds is 2. The number of carbonyl (C=O) groups is 1. The molecule has 48 valence electrons. The molecule has 0 aromatic carbocycles. The predicted molar refractivity (Wildman–Crippen MR) is 33.6 cm³/mol. The van der Waals surface area contributed by atoms with Crippen LogP contribution in [0.15, 0.2) is 17.6 Å². The lowest BCUT2D eigenvalue weighted by Gasteiger charge is -1.87. The maximum Gasteiger partial charge on any atom is 0.434 e. The fourth-order valence-electron chi connectivity index (χ4n) is 0.610. The van der Waals surface area contributed by atoms with E-state index in [4.69, 9.17) is 0 Å². The molecule has 1 rings (SSSR count). The molecule has 3 heteroatoms. The standard InChI is InChI=1S/C6H7NO2/c1-2-3-5-4-9-6(8)7-5/h2H,1,3-4H2. The molecular formula is C6H7NO2. The minimum Gasteiger partial charge on any atom is -0.442 e. The van der Waals surface area contributed by atoms with Crippen molar-refractivity contribution in [1.82, 2.24) is 0 Å². The Kier molecular flexibility index (Phi) is 1.63. The smallest absolute Gasteiger partial charge is 0.434 e. The summed E-state index contributed by atoms with van der Waals surface area (Å²) in [5.74, 6) is 0. The lowest BCUT2D eigenvalue weighted by molar-refractivity contribution is 0.181. The molecule has 0 saturated heterocycles. The quantitative estimate of drug-likeness (QED) is 0.519. The second-order valence-corrected chi connectivity index (χ2v) is 1.73. The monoisotopic (exact) mass is 125 g/mol. The summed E-state index contributed by atoms with van der Waals surface area (Å²) in [5, 5.41) is 0. The Balaban J connectivity index is 2.51. The van der Waals surface area contributed by atoms with E-state index in [0.717, 1.165) is 5.71 Å². The van der Waals surface area contributed by atoms with Gasteiger partial charge in [0.15, 0.2) is 0 Å². The molecular weight excluding hydrogens is 118 g/mol. The SMILES string of the molecule is C=CCC1=NC(=O)OC1. The number of amides is 1. The van der Waals surface area contributed by atoms with Gasteiger partial charge in [0.1, 0.15) is 6.61 Å². The van der Waals surface area contributed by atoms with E-state index >= 15 is 0 Å². The van der Waals surface area contributed by atoms with E-state index in [1.807, 2.05) is 0 Å². The molecule has 1 aliphatic rings. The molecule has 3 nitrogen and oxygen atoms in total. The van der Waals surface area contributed by atoms with Crippen LogP contribution in [0.25, 0.3) is 0 Å². The van der Waals surface area contributed by atoms with Crippen LogP contribution in [0.1, 0.15) is 6.42 Å². The van der Waals surface area contributed by atoms with E-state index in [-0.39, 0.29) is 0 Å². The van der Waals surface area contributed by atoms with Crippen molar-refractivity contribution in [3.05, 3.63) is 12.7 Å². The first kappa shape index (κ1) is 6.01. The second kappa shape index (κ2) is 2.44. The van der Waals surface area contributed by atoms with Gasteiger partial charge in [-0.2, -0.15) is 4.99 Å². The number of allylic oxidation sites excluding steroid dienone is 1. The van der Waals surface area contributed by atoms with Crippen LogP contribution in [-0.2, 0) is 4.74 Å². The van der Waals surface area contributed by atoms with E-state index in [1.54, 1.807) is 6.08 Å². The van der Waals surface area contributed by atoms with Gasteiger partial charge >= 0.3 is 6.09 Å². The second-order valence-electron chi connectivity index (χ2n) is 1.73. The van der Waals surface area contributed by atoms with Gasteiger partial charge in [-0.3, -0.25) is 0 Å². The molecule has 1 amide bonds. The van der Waals surface area contributed by atoms with Crippen LogP contribution in [0, 0.1) is 0 Å². The van der Waals surface area contributed by atoms with Gasteiger partial charge in [0.2, 0.25) is 0 Å². The molecule has 0 aliphatic carbocycles. The topological polar surface area (TPSA) is 38.7 Å². The number of carbonyl (C=O) groups excluding carboxylic acids is 1. The Morgan fingerprint density at radius 1 is 1.89 bits per heavy atom. The first-order valence-corrected chi connectivity index (χ1v) is 2.67. The molecule has 1 heterocycles. The molecule has 9 heavy (non-hydrogen) atoms. The predicted octanol–water partition coefficient (Wildman–Crippen LogP) is 1.15. The van der Waals surface area contributed by atoms with Gasteiger partial charge in [-0.1, -0.05) is 6.08 Å². The Morgan fingerprint density at radius 3 is 3.11 bits per heavy atom. The summed E-state index contributed by atoms with van der Waals surface area (Å²) in [6.45, 7) is 3.84. The number of nitrogens with zero attached hydrogens (tertiary/aromatic N) is 1. The maximum atomic E-state index is 10.3. The minimum atomic E-state index is -0.480. The summed E-state index contributed by atoms with van der Waals surface area (Å²) in [6, 6.07) is 0. The van der Waals surface area contributed by atoms with Gasteiger partial charge in [0.25, 0.3) is 0 Å². The van der Waals surface area contributed by atoms with Crippen molar-refractivity contribution in [2.45, 2.75) is 6.42 Å². The summed E-state index contributed by atoms with van der Waals surface area (Å²) >= 11 is 0. The Bertz CT molecular complexity index is 172. The van der Waals surface area contributed by atoms with E-state index in [1.165, 1.54) is 0 Å². The summed E-state index contributed by atoms with van der Waals surface area (Å²) in [5.41, 5.74) is 0.759. The average Bonchev–Trinajstić information content (AvgIpc) is 2.17. The molecule has 0 N–H and O–H groups in total. The molecule has 1 aliphatic heterocycles. The summed E-state index contributed by atoms with van der Waals surface area (Å²) in [6.07, 6.45) is 1.86. The average molecular weight is 125 g/mol. The Labute approximate surface area is 53.0 Å². The molecule has 0 spiro atoms. The van der Waals surface area contributed by atoms with Crippen molar-refractivity contribution in [2.75, 3.05) is 6.61 Å². The van der Waals surface area contributed by atoms with Gasteiger partial charge in [-0.15, -0.1) is 6.58 Å². The molecule has 0 bridgehead atoms. The van der Waals surface area contributed by atoms with Crippen LogP contribution in [0.5, 0.6) is 0 Å². The highest BCUT2D eigenvalue weighted by Gasteiger charge is 2.12. The highest BCUT2D eigenvalue weighted by atomic mass is 16.6. The number of cyclic esters (lactones) is 1. The zero-order chi connectivity index (χ0) is 6.69. The third kappa shape index (κ3) is 1.38. The lowest BCUT2D eigenvalue weighted by atomic mass is 10.3. The maximum absolute atomic E-state index is 10.3. The van der Waals surface area contributed by atoms with Gasteiger partial charge in [0, 0.05) is 6.42 Å². The molecule has 0 radical (unpaired) electrons. The highest BCUT2D eigenvalue weighted by molar-refractivity contribution is 5.99. The first-order valence-electron chi connectivity index (χ1n) is 2.67. The molecule has 0 fully saturated rings. The van der Waals surface area contributed by atoms with Gasteiger partial charge in [0.05, 0.1) is 5.71 Å². The van der Waals surface area contributed by atoms with Gasteiger partial charge < -0.3 is 4.74 Å². The third-order valence-electron chi connectivity index (χ3n) is 0.992. The van der Waals surface area contributed by atoms with Crippen LogP contribution in [0.4, 0.5) is 4.79 Å². The highest BCUT2D eigenvalue weighted by Crippen LogP contribution is 2.00. The number of hydrogen-bond donors (Lipinski definition) is 0. The van der Waals surface area contributed by atoms with Crippen molar-refractivity contribution < 1.29 is 9.53 Å². The van der Waals surface area contributed by atoms with Crippen LogP contribution in [0.3, 0.4) is 0 Å². The molecule has 0 unspecified atom stereocenters. The largest absolute Gasteiger partial charge is 0.442 e. The third-order valence-corrected chi connectivity index (χ3v) is 0.992. The van der Waals surface area contributed by atoms with E-state index in [0.29, 0.717) is 13.0 Å². The van der Waals surface area contributed by atoms with Gasteiger partial charge in [-0.05, 0) is 0 Å². The normalized spacial score (nSPS) is 16.9. The first-order chi connectivity index (χ1) is 4.33. The zero-order valence-corrected chi connectivity index (χ0v) is 4.96. The molecule has 0 aromatic heterocycles. The van der Waals surface area contributed by atoms with Crippen molar-refractivity contribution in [2.24, 2.45) is 4.99 Å². The van der Waals surface area contributed by atoms with Crippen LogP contribution < -0.4 is 0 Å². The summed E-state index contributed by atoms with van der Waals surface area (Å²) in [4.78, 5) is 13.8. The molecule has 0 aromatic rings. The minimum absolute atomic E-state index is 0.338. The zero-order valence-electron chi connectivity index (χ0n) is 4.96. The Hall–Kier alpha value is -1.12. The van der Waals surface area contributed by atoms with E-state index in [9.17, 15) is 4.79 Å². The van der Waals surface area contributed by atoms with Crippen LogP contribution >= 0.6 is 0 Å². The summed E-state index contributed by atoms with van der Waals surface area (Å²) < 4.78 is 4.53. The fourth-order valence-corrected chi connectivity index (χ4v) is 0.610. The van der Waals surface area contributed by atoms with E-state index in [2.05, 4.69) is 16.3 Å².